The zero-order valence-electron chi connectivity index (χ0n) is 24.3. The highest BCUT2D eigenvalue weighted by Gasteiger charge is 2.40. The first-order chi connectivity index (χ1) is 19.9. The summed E-state index contributed by atoms with van der Waals surface area (Å²) in [5.41, 5.74) is 3.77. The number of amides is 2. The standard InChI is InChI=1S/C31H33F2N5O4/c1-17-28(18(2)42-35-17)19-6-9-25-24(14-19)34-29(38(25)21-12-13-36(16-21)30(40)41-31(3,4)5)26-10-11-27(39)37(26)20-7-8-22(32)23(33)15-20/h6-9,14-15,21,26H,10-13,16H2,1-5H3/t21-,26-/m0/s1. The lowest BCUT2D eigenvalue weighted by Crippen LogP contribution is -2.35. The highest BCUT2D eigenvalue weighted by atomic mass is 19.2. The second-order valence-corrected chi connectivity index (χ2v) is 12.0. The molecule has 0 aliphatic carbocycles. The summed E-state index contributed by atoms with van der Waals surface area (Å²) in [6.45, 7) is 10.2. The third-order valence-corrected chi connectivity index (χ3v) is 7.91. The van der Waals surface area contributed by atoms with E-state index in [0.717, 1.165) is 34.5 Å². The van der Waals surface area contributed by atoms with Crippen molar-refractivity contribution in [2.45, 2.75) is 71.6 Å². The molecule has 2 saturated heterocycles. The van der Waals surface area contributed by atoms with Crippen molar-refractivity contribution < 1.29 is 27.6 Å². The second-order valence-electron chi connectivity index (χ2n) is 12.0. The first-order valence-electron chi connectivity index (χ1n) is 14.1. The second kappa shape index (κ2) is 10.2. The van der Waals surface area contributed by atoms with Crippen molar-refractivity contribution in [2.75, 3.05) is 18.0 Å². The largest absolute Gasteiger partial charge is 0.444 e. The lowest BCUT2D eigenvalue weighted by molar-refractivity contribution is -0.117. The molecule has 0 radical (unpaired) electrons. The van der Waals surface area contributed by atoms with E-state index in [1.165, 1.54) is 11.0 Å². The van der Waals surface area contributed by atoms with Gasteiger partial charge in [0.15, 0.2) is 11.6 Å². The van der Waals surface area contributed by atoms with Crippen LogP contribution in [-0.2, 0) is 9.53 Å². The Balaban J connectivity index is 1.45. The molecule has 2 aliphatic rings. The molecule has 2 fully saturated rings. The van der Waals surface area contributed by atoms with E-state index in [0.29, 0.717) is 43.0 Å². The SMILES string of the molecule is Cc1noc(C)c1-c1ccc2c(c1)nc([C@@H]1CCC(=O)N1c1ccc(F)c(F)c1)n2[C@H]1CCN(C(=O)OC(C)(C)C)C1. The quantitative estimate of drug-likeness (QED) is 0.270. The molecular weight excluding hydrogens is 544 g/mol. The van der Waals surface area contributed by atoms with Crippen LogP contribution < -0.4 is 4.90 Å². The highest BCUT2D eigenvalue weighted by Crippen LogP contribution is 2.41. The van der Waals surface area contributed by atoms with Crippen LogP contribution in [0.3, 0.4) is 0 Å². The van der Waals surface area contributed by atoms with Gasteiger partial charge in [-0.05, 0) is 77.3 Å². The molecule has 0 bridgehead atoms. The van der Waals surface area contributed by atoms with Crippen molar-refractivity contribution >= 4 is 28.7 Å². The van der Waals surface area contributed by atoms with Crippen molar-refractivity contribution in [3.05, 3.63) is 65.3 Å². The molecule has 0 saturated carbocycles. The summed E-state index contributed by atoms with van der Waals surface area (Å²) in [6.07, 6.45) is 0.984. The minimum absolute atomic E-state index is 0.134. The fourth-order valence-electron chi connectivity index (χ4n) is 6.12. The molecule has 2 amide bonds. The number of halogens is 2. The maximum absolute atomic E-state index is 14.3. The molecular formula is C31H33F2N5O4. The van der Waals surface area contributed by atoms with Gasteiger partial charge in [-0.15, -0.1) is 0 Å². The Hall–Kier alpha value is -4.28. The minimum atomic E-state index is -1.02. The number of anilines is 1. The van der Waals surface area contributed by atoms with E-state index in [4.69, 9.17) is 14.2 Å². The van der Waals surface area contributed by atoms with Crippen LogP contribution in [0.5, 0.6) is 0 Å². The molecule has 11 heteroatoms. The average molecular weight is 578 g/mol. The van der Waals surface area contributed by atoms with E-state index >= 15 is 0 Å². The summed E-state index contributed by atoms with van der Waals surface area (Å²) >= 11 is 0. The minimum Gasteiger partial charge on any atom is -0.444 e. The molecule has 6 rings (SSSR count). The van der Waals surface area contributed by atoms with Crippen LogP contribution in [-0.4, -0.2) is 50.3 Å². The number of aryl methyl sites for hydroxylation is 2. The number of ether oxygens (including phenoxy) is 1. The first-order valence-corrected chi connectivity index (χ1v) is 14.1. The van der Waals surface area contributed by atoms with Crippen LogP contribution >= 0.6 is 0 Å². The predicted octanol–water partition coefficient (Wildman–Crippen LogP) is 6.64. The number of hydrogen-bond donors (Lipinski definition) is 0. The summed E-state index contributed by atoms with van der Waals surface area (Å²) in [7, 11) is 0. The Bertz CT molecular complexity index is 1690. The number of imidazole rings is 1. The molecule has 0 spiro atoms. The summed E-state index contributed by atoms with van der Waals surface area (Å²) in [5.74, 6) is -0.863. The highest BCUT2D eigenvalue weighted by molar-refractivity contribution is 5.96. The van der Waals surface area contributed by atoms with Crippen LogP contribution in [0.25, 0.3) is 22.2 Å². The van der Waals surface area contributed by atoms with E-state index in [1.807, 2.05) is 52.8 Å². The summed E-state index contributed by atoms with van der Waals surface area (Å²) in [4.78, 5) is 34.3. The smallest absolute Gasteiger partial charge is 0.410 e. The number of carbonyl (C=O) groups is 2. The fraction of sp³-hybridized carbons (Fsp3) is 0.419. The van der Waals surface area contributed by atoms with Crippen LogP contribution in [0, 0.1) is 25.5 Å². The Morgan fingerprint density at radius 2 is 1.86 bits per heavy atom. The molecule has 220 valence electrons. The third kappa shape index (κ3) is 4.90. The van der Waals surface area contributed by atoms with Crippen molar-refractivity contribution in [3.63, 3.8) is 0 Å². The number of likely N-dealkylation sites (tertiary alicyclic amines) is 1. The number of rotatable bonds is 4. The topological polar surface area (TPSA) is 93.7 Å². The molecule has 9 nitrogen and oxygen atoms in total. The summed E-state index contributed by atoms with van der Waals surface area (Å²) in [6, 6.07) is 8.80. The van der Waals surface area contributed by atoms with Crippen LogP contribution in [0.4, 0.5) is 19.3 Å². The van der Waals surface area contributed by atoms with Gasteiger partial charge in [0.2, 0.25) is 5.91 Å². The molecule has 42 heavy (non-hydrogen) atoms. The van der Waals surface area contributed by atoms with Crippen LogP contribution in [0.1, 0.15) is 69.4 Å². The van der Waals surface area contributed by atoms with Gasteiger partial charge in [-0.25, -0.2) is 18.6 Å². The molecule has 4 heterocycles. The van der Waals surface area contributed by atoms with Gasteiger partial charge >= 0.3 is 6.09 Å². The van der Waals surface area contributed by atoms with E-state index in [1.54, 1.807) is 4.90 Å². The number of aromatic nitrogens is 3. The summed E-state index contributed by atoms with van der Waals surface area (Å²) < 4.78 is 41.2. The van der Waals surface area contributed by atoms with Gasteiger partial charge in [-0.1, -0.05) is 11.2 Å². The first kappa shape index (κ1) is 27.9. The van der Waals surface area contributed by atoms with Gasteiger partial charge in [0.1, 0.15) is 17.2 Å². The Morgan fingerprint density at radius 3 is 2.55 bits per heavy atom. The van der Waals surface area contributed by atoms with Gasteiger partial charge in [0.25, 0.3) is 0 Å². The number of hydrogen-bond acceptors (Lipinski definition) is 6. The normalized spacial score (nSPS) is 19.4. The van der Waals surface area contributed by atoms with Gasteiger partial charge in [0, 0.05) is 36.8 Å². The molecule has 2 aliphatic heterocycles. The molecule has 2 aromatic heterocycles. The van der Waals surface area contributed by atoms with E-state index < -0.39 is 23.3 Å². The number of nitrogens with zero attached hydrogens (tertiary/aromatic N) is 5. The zero-order chi connectivity index (χ0) is 29.9. The van der Waals surface area contributed by atoms with Crippen molar-refractivity contribution in [1.82, 2.24) is 19.6 Å². The summed E-state index contributed by atoms with van der Waals surface area (Å²) in [5, 5.41) is 4.09. The van der Waals surface area contributed by atoms with Gasteiger partial charge in [-0.2, -0.15) is 0 Å². The van der Waals surface area contributed by atoms with E-state index in [-0.39, 0.29) is 30.2 Å². The lowest BCUT2D eigenvalue weighted by Gasteiger charge is -2.28. The molecule has 2 atom stereocenters. The third-order valence-electron chi connectivity index (χ3n) is 7.91. The van der Waals surface area contributed by atoms with Crippen molar-refractivity contribution in [1.29, 1.82) is 0 Å². The van der Waals surface area contributed by atoms with Crippen LogP contribution in [0.2, 0.25) is 0 Å². The predicted molar refractivity (Wildman–Crippen MR) is 152 cm³/mol. The van der Waals surface area contributed by atoms with E-state index in [2.05, 4.69) is 9.72 Å². The average Bonchev–Trinajstić information content (AvgIpc) is 3.69. The number of benzene rings is 2. The molecule has 4 aromatic rings. The van der Waals surface area contributed by atoms with Gasteiger partial charge in [0.05, 0.1) is 28.8 Å². The van der Waals surface area contributed by atoms with Gasteiger partial charge < -0.3 is 23.6 Å². The zero-order valence-corrected chi connectivity index (χ0v) is 24.3. The van der Waals surface area contributed by atoms with Gasteiger partial charge in [-0.3, -0.25) is 4.79 Å². The molecule has 0 unspecified atom stereocenters. The Morgan fingerprint density at radius 1 is 1.07 bits per heavy atom. The monoisotopic (exact) mass is 577 g/mol. The maximum atomic E-state index is 14.3. The number of carbonyl (C=O) groups excluding carboxylic acids is 2. The Labute approximate surface area is 242 Å². The maximum Gasteiger partial charge on any atom is 0.410 e. The lowest BCUT2D eigenvalue weighted by atomic mass is 10.0. The Kier molecular flexibility index (Phi) is 6.78. The molecule has 2 aromatic carbocycles. The van der Waals surface area contributed by atoms with Crippen LogP contribution in [0.15, 0.2) is 40.9 Å². The fourth-order valence-corrected chi connectivity index (χ4v) is 6.12. The van der Waals surface area contributed by atoms with Crippen molar-refractivity contribution in [2.24, 2.45) is 0 Å². The van der Waals surface area contributed by atoms with E-state index in [9.17, 15) is 18.4 Å². The number of fused-ring (bicyclic) bond motifs is 1. The molecule has 0 N–H and O–H groups in total. The van der Waals surface area contributed by atoms with Crippen molar-refractivity contribution in [3.8, 4) is 11.1 Å².